The van der Waals surface area contributed by atoms with Gasteiger partial charge in [0.05, 0.1) is 5.69 Å². The molecule has 4 N–H and O–H groups in total. The summed E-state index contributed by atoms with van der Waals surface area (Å²) in [5, 5.41) is 8.32. The van der Waals surface area contributed by atoms with Gasteiger partial charge in [-0.2, -0.15) is 0 Å². The van der Waals surface area contributed by atoms with Crippen LogP contribution in [0, 0.1) is 0 Å². The van der Waals surface area contributed by atoms with Gasteiger partial charge >= 0.3 is 0 Å². The molecule has 172 valence electrons. The molecule has 1 fully saturated rings. The Hall–Kier alpha value is -3.13. The highest BCUT2D eigenvalue weighted by Gasteiger charge is 2.44. The van der Waals surface area contributed by atoms with Crippen LogP contribution < -0.4 is 21.9 Å². The van der Waals surface area contributed by atoms with Gasteiger partial charge in [-0.05, 0) is 48.8 Å². The van der Waals surface area contributed by atoms with Crippen molar-refractivity contribution in [1.82, 2.24) is 19.9 Å². The Bertz CT molecular complexity index is 1310. The van der Waals surface area contributed by atoms with Crippen molar-refractivity contribution in [1.29, 1.82) is 0 Å². The molecule has 0 bridgehead atoms. The summed E-state index contributed by atoms with van der Waals surface area (Å²) < 4.78 is 1.54. The van der Waals surface area contributed by atoms with Crippen molar-refractivity contribution in [3.8, 4) is 0 Å². The quantitative estimate of drug-likeness (QED) is 0.529. The van der Waals surface area contributed by atoms with Gasteiger partial charge in [0.2, 0.25) is 5.91 Å². The molecule has 2 aliphatic rings. The van der Waals surface area contributed by atoms with Crippen LogP contribution in [0.15, 0.2) is 35.3 Å². The molecule has 9 heteroatoms. The maximum Gasteiger partial charge on any atom is 0.294 e. The predicted molar refractivity (Wildman–Crippen MR) is 129 cm³/mol. The third kappa shape index (κ3) is 3.82. The van der Waals surface area contributed by atoms with Gasteiger partial charge in [-0.1, -0.05) is 37.6 Å². The number of hydrogen-bond acceptors (Lipinski definition) is 6. The molecule has 3 aromatic rings. The van der Waals surface area contributed by atoms with Crippen molar-refractivity contribution in [2.24, 2.45) is 0 Å². The number of nitrogens with one attached hydrogen (secondary N) is 2. The minimum atomic E-state index is -0.648. The van der Waals surface area contributed by atoms with Gasteiger partial charge in [0.25, 0.3) is 5.56 Å². The summed E-state index contributed by atoms with van der Waals surface area (Å²) in [7, 11) is 0. The van der Waals surface area contributed by atoms with Crippen molar-refractivity contribution >= 4 is 39.9 Å². The number of rotatable bonds is 5. The van der Waals surface area contributed by atoms with Crippen LogP contribution >= 0.6 is 11.6 Å². The fourth-order valence-corrected chi connectivity index (χ4v) is 5.24. The maximum atomic E-state index is 13.3. The first kappa shape index (κ1) is 21.7. The number of benzene rings is 1. The molecular weight excluding hydrogens is 440 g/mol. The molecule has 1 aliphatic heterocycles. The van der Waals surface area contributed by atoms with Gasteiger partial charge in [-0.3, -0.25) is 14.2 Å². The molecule has 1 aromatic carbocycles. The zero-order chi connectivity index (χ0) is 23.3. The Balaban J connectivity index is 1.41. The second-order valence-electron chi connectivity index (χ2n) is 9.62. The Morgan fingerprint density at radius 2 is 2.09 bits per heavy atom. The van der Waals surface area contributed by atoms with Crippen LogP contribution in [0.2, 0.25) is 5.15 Å². The fraction of sp³-hybridized carbons (Fsp3) is 0.417. The average Bonchev–Trinajstić information content (AvgIpc) is 3.04. The van der Waals surface area contributed by atoms with Crippen molar-refractivity contribution in [3.05, 3.63) is 57.2 Å². The van der Waals surface area contributed by atoms with E-state index in [9.17, 15) is 9.59 Å². The number of nitrogen functional groups attached to an aromatic ring is 1. The lowest BCUT2D eigenvalue weighted by Crippen LogP contribution is -2.38. The Labute approximate surface area is 196 Å². The van der Waals surface area contributed by atoms with E-state index in [1.807, 2.05) is 38.1 Å². The van der Waals surface area contributed by atoms with E-state index < -0.39 is 11.5 Å². The number of nitrogens with two attached hydrogens (primary N) is 1. The number of halogens is 1. The van der Waals surface area contributed by atoms with E-state index in [0.29, 0.717) is 24.5 Å². The monoisotopic (exact) mass is 466 g/mol. The SMILES string of the molecule is CC1(C)CC(C(=O)NCc2ccc3c(N)nccc3c2)n2c1c(Cl)nc(NC1CCC1)c2=O. The van der Waals surface area contributed by atoms with Gasteiger partial charge in [0.1, 0.15) is 11.9 Å². The molecule has 0 spiro atoms. The largest absolute Gasteiger partial charge is 0.383 e. The highest BCUT2D eigenvalue weighted by molar-refractivity contribution is 6.30. The standard InChI is InChI=1S/C24H27ClN6O2/c1-24(2)11-17(31-18(24)19(25)30-21(23(31)33)29-15-4-3-5-15)22(32)28-12-13-6-7-16-14(10-13)8-9-27-20(16)26/h6-10,15,17H,3-5,11-12H2,1-2H3,(H2,26,27)(H,28,32)(H,29,30). The van der Waals surface area contributed by atoms with Crippen LogP contribution in [0.25, 0.3) is 10.8 Å². The van der Waals surface area contributed by atoms with Crippen molar-refractivity contribution in [2.75, 3.05) is 11.1 Å². The lowest BCUT2D eigenvalue weighted by Gasteiger charge is -2.27. The Morgan fingerprint density at radius 1 is 1.30 bits per heavy atom. The van der Waals surface area contributed by atoms with Gasteiger partial charge in [-0.15, -0.1) is 0 Å². The molecule has 1 amide bonds. The third-order valence-electron chi connectivity index (χ3n) is 6.80. The van der Waals surface area contributed by atoms with E-state index in [1.54, 1.807) is 10.8 Å². The second kappa shape index (κ2) is 8.02. The molecule has 5 rings (SSSR count). The number of nitrogens with zero attached hydrogens (tertiary/aromatic N) is 3. The predicted octanol–water partition coefficient (Wildman–Crippen LogP) is 3.53. The first-order chi connectivity index (χ1) is 15.7. The van der Waals surface area contributed by atoms with E-state index in [4.69, 9.17) is 17.3 Å². The molecular formula is C24H27ClN6O2. The van der Waals surface area contributed by atoms with Crippen LogP contribution in [0.4, 0.5) is 11.6 Å². The fourth-order valence-electron chi connectivity index (χ4n) is 4.81. The molecule has 0 radical (unpaired) electrons. The van der Waals surface area contributed by atoms with E-state index in [2.05, 4.69) is 20.6 Å². The molecule has 8 nitrogen and oxygen atoms in total. The van der Waals surface area contributed by atoms with Gasteiger partial charge < -0.3 is 16.4 Å². The number of aromatic nitrogens is 3. The van der Waals surface area contributed by atoms with Gasteiger partial charge in [0.15, 0.2) is 11.0 Å². The summed E-state index contributed by atoms with van der Waals surface area (Å²) in [5.74, 6) is 0.490. The number of amides is 1. The highest BCUT2D eigenvalue weighted by Crippen LogP contribution is 2.43. The van der Waals surface area contributed by atoms with Crippen LogP contribution in [-0.4, -0.2) is 26.5 Å². The van der Waals surface area contributed by atoms with E-state index in [1.165, 1.54) is 0 Å². The summed E-state index contributed by atoms with van der Waals surface area (Å²) in [4.78, 5) is 35.1. The summed E-state index contributed by atoms with van der Waals surface area (Å²) in [6, 6.07) is 7.28. The zero-order valence-electron chi connectivity index (χ0n) is 18.7. The summed E-state index contributed by atoms with van der Waals surface area (Å²) in [6.45, 7) is 4.31. The first-order valence-corrected chi connectivity index (χ1v) is 11.6. The summed E-state index contributed by atoms with van der Waals surface area (Å²) in [6.07, 6.45) is 5.28. The normalized spacial score (nSPS) is 19.2. The van der Waals surface area contributed by atoms with E-state index >= 15 is 0 Å². The first-order valence-electron chi connectivity index (χ1n) is 11.2. The number of carbonyl (C=O) groups excluding carboxylic acids is 1. The molecule has 2 aromatic heterocycles. The molecule has 0 saturated heterocycles. The van der Waals surface area contributed by atoms with Gasteiger partial charge in [-0.25, -0.2) is 9.97 Å². The third-order valence-corrected chi connectivity index (χ3v) is 7.06. The van der Waals surface area contributed by atoms with E-state index in [0.717, 1.165) is 35.6 Å². The maximum absolute atomic E-state index is 13.3. The van der Waals surface area contributed by atoms with Crippen molar-refractivity contribution in [2.45, 2.75) is 63.6 Å². The highest BCUT2D eigenvalue weighted by atomic mass is 35.5. The smallest absolute Gasteiger partial charge is 0.294 e. The Morgan fingerprint density at radius 3 is 2.82 bits per heavy atom. The van der Waals surface area contributed by atoms with Crippen LogP contribution in [-0.2, 0) is 16.8 Å². The molecule has 3 heterocycles. The number of fused-ring (bicyclic) bond motifs is 2. The summed E-state index contributed by atoms with van der Waals surface area (Å²) in [5.41, 5.74) is 6.74. The lowest BCUT2D eigenvalue weighted by molar-refractivity contribution is -0.124. The number of anilines is 2. The Kier molecular flexibility index (Phi) is 5.28. The number of hydrogen-bond donors (Lipinski definition) is 3. The topological polar surface area (TPSA) is 115 Å². The minimum Gasteiger partial charge on any atom is -0.383 e. The minimum absolute atomic E-state index is 0.213. The number of pyridine rings is 1. The zero-order valence-corrected chi connectivity index (χ0v) is 19.4. The van der Waals surface area contributed by atoms with Crippen LogP contribution in [0.5, 0.6) is 0 Å². The van der Waals surface area contributed by atoms with E-state index in [-0.39, 0.29) is 28.5 Å². The molecule has 1 atom stereocenters. The van der Waals surface area contributed by atoms with Crippen molar-refractivity contribution in [3.63, 3.8) is 0 Å². The molecule has 1 saturated carbocycles. The molecule has 1 unspecified atom stereocenters. The van der Waals surface area contributed by atoms with Crippen molar-refractivity contribution < 1.29 is 4.79 Å². The number of carbonyl (C=O) groups is 1. The lowest BCUT2D eigenvalue weighted by atomic mass is 9.87. The molecule has 1 aliphatic carbocycles. The second-order valence-corrected chi connectivity index (χ2v) is 9.98. The van der Waals surface area contributed by atoms with Crippen LogP contribution in [0.1, 0.15) is 56.8 Å². The average molecular weight is 467 g/mol. The molecule has 33 heavy (non-hydrogen) atoms. The van der Waals surface area contributed by atoms with Crippen LogP contribution in [0.3, 0.4) is 0 Å². The van der Waals surface area contributed by atoms with Gasteiger partial charge in [0, 0.05) is 29.6 Å². The summed E-state index contributed by atoms with van der Waals surface area (Å²) >= 11 is 6.53.